The second-order valence-electron chi connectivity index (χ2n) is 5.13. The van der Waals surface area contributed by atoms with Gasteiger partial charge in [-0.15, -0.1) is 0 Å². The van der Waals surface area contributed by atoms with E-state index in [4.69, 9.17) is 4.74 Å². The van der Waals surface area contributed by atoms with Crippen LogP contribution in [-0.4, -0.2) is 17.6 Å². The van der Waals surface area contributed by atoms with Crippen molar-refractivity contribution in [2.24, 2.45) is 0 Å². The van der Waals surface area contributed by atoms with Crippen molar-refractivity contribution >= 4 is 12.0 Å². The largest absolute Gasteiger partial charge is 0.443 e. The van der Waals surface area contributed by atoms with Gasteiger partial charge in [0.1, 0.15) is 17.2 Å². The summed E-state index contributed by atoms with van der Waals surface area (Å²) in [7, 11) is 0. The molecule has 0 saturated heterocycles. The minimum Gasteiger partial charge on any atom is -0.443 e. The molecule has 0 aliphatic heterocycles. The van der Waals surface area contributed by atoms with Gasteiger partial charge in [0.05, 0.1) is 6.42 Å². The summed E-state index contributed by atoms with van der Waals surface area (Å²) in [6.45, 7) is 5.01. The number of halogens is 2. The van der Waals surface area contributed by atoms with Crippen LogP contribution in [0.15, 0.2) is 18.2 Å². The fourth-order valence-corrected chi connectivity index (χ4v) is 1.37. The van der Waals surface area contributed by atoms with Gasteiger partial charge in [0.15, 0.2) is 0 Å². The summed E-state index contributed by atoms with van der Waals surface area (Å²) in [5.41, 5.74) is 3.59. The van der Waals surface area contributed by atoms with E-state index in [9.17, 15) is 18.4 Å². The van der Waals surface area contributed by atoms with Crippen LogP contribution < -0.4 is 10.9 Å². The summed E-state index contributed by atoms with van der Waals surface area (Å²) in [6.07, 6.45) is -1.10. The third-order valence-electron chi connectivity index (χ3n) is 1.99. The lowest BCUT2D eigenvalue weighted by molar-refractivity contribution is -0.121. The average Bonchev–Trinajstić information content (AvgIpc) is 2.22. The highest BCUT2D eigenvalue weighted by molar-refractivity contribution is 5.81. The summed E-state index contributed by atoms with van der Waals surface area (Å²) in [4.78, 5) is 22.7. The van der Waals surface area contributed by atoms with Crippen molar-refractivity contribution in [1.82, 2.24) is 10.9 Å². The van der Waals surface area contributed by atoms with Gasteiger partial charge in [-0.1, -0.05) is 0 Å². The van der Waals surface area contributed by atoms with Crippen LogP contribution in [-0.2, 0) is 16.0 Å². The highest BCUT2D eigenvalue weighted by Gasteiger charge is 2.16. The number of carbonyl (C=O) groups is 2. The monoisotopic (exact) mass is 286 g/mol. The first kappa shape index (κ1) is 15.9. The van der Waals surface area contributed by atoms with E-state index in [1.807, 2.05) is 5.43 Å². The molecule has 0 aliphatic carbocycles. The second-order valence-corrected chi connectivity index (χ2v) is 5.13. The average molecular weight is 286 g/mol. The number of ether oxygens (including phenoxy) is 1. The zero-order valence-electron chi connectivity index (χ0n) is 11.4. The predicted molar refractivity (Wildman–Crippen MR) is 67.6 cm³/mol. The molecule has 0 heterocycles. The summed E-state index contributed by atoms with van der Waals surface area (Å²) in [5.74, 6) is -2.17. The van der Waals surface area contributed by atoms with Crippen LogP contribution in [0.1, 0.15) is 26.3 Å². The molecule has 0 unspecified atom stereocenters. The molecule has 110 valence electrons. The lowest BCUT2D eigenvalue weighted by atomic mass is 10.1. The van der Waals surface area contributed by atoms with Gasteiger partial charge in [0, 0.05) is 6.07 Å². The Labute approximate surface area is 115 Å². The van der Waals surface area contributed by atoms with E-state index in [-0.39, 0.29) is 12.0 Å². The Morgan fingerprint density at radius 2 is 1.65 bits per heavy atom. The summed E-state index contributed by atoms with van der Waals surface area (Å²) < 4.78 is 30.7. The quantitative estimate of drug-likeness (QED) is 0.818. The van der Waals surface area contributed by atoms with E-state index in [1.165, 1.54) is 0 Å². The number of benzene rings is 1. The number of hydrogen-bond donors (Lipinski definition) is 2. The predicted octanol–water partition coefficient (Wildman–Crippen LogP) is 2.06. The Kier molecular flexibility index (Phi) is 5.01. The van der Waals surface area contributed by atoms with Gasteiger partial charge < -0.3 is 4.74 Å². The molecule has 2 N–H and O–H groups in total. The zero-order chi connectivity index (χ0) is 15.3. The third kappa shape index (κ3) is 6.12. The van der Waals surface area contributed by atoms with E-state index < -0.39 is 29.2 Å². The maximum atomic E-state index is 12.9. The topological polar surface area (TPSA) is 67.4 Å². The van der Waals surface area contributed by atoms with Crippen LogP contribution in [0.4, 0.5) is 13.6 Å². The Morgan fingerprint density at radius 1 is 1.10 bits per heavy atom. The van der Waals surface area contributed by atoms with E-state index in [1.54, 1.807) is 20.8 Å². The van der Waals surface area contributed by atoms with Crippen molar-refractivity contribution in [3.05, 3.63) is 35.4 Å². The molecule has 5 nitrogen and oxygen atoms in total. The first-order valence-electron chi connectivity index (χ1n) is 5.88. The molecule has 0 saturated carbocycles. The fourth-order valence-electron chi connectivity index (χ4n) is 1.37. The van der Waals surface area contributed by atoms with Gasteiger partial charge in [-0.3, -0.25) is 10.2 Å². The van der Waals surface area contributed by atoms with Crippen molar-refractivity contribution in [2.45, 2.75) is 32.8 Å². The zero-order valence-corrected chi connectivity index (χ0v) is 11.4. The van der Waals surface area contributed by atoms with E-state index in [0.717, 1.165) is 12.1 Å². The molecule has 1 aromatic rings. The molecule has 0 aliphatic rings. The van der Waals surface area contributed by atoms with Crippen molar-refractivity contribution < 1.29 is 23.1 Å². The van der Waals surface area contributed by atoms with Gasteiger partial charge in [0.2, 0.25) is 5.91 Å². The minimum absolute atomic E-state index is 0.158. The lowest BCUT2D eigenvalue weighted by Crippen LogP contribution is -2.44. The van der Waals surface area contributed by atoms with Crippen LogP contribution in [0.2, 0.25) is 0 Å². The van der Waals surface area contributed by atoms with Crippen LogP contribution in [0, 0.1) is 11.6 Å². The Bertz CT molecular complexity index is 493. The molecule has 20 heavy (non-hydrogen) atoms. The lowest BCUT2D eigenvalue weighted by Gasteiger charge is -2.19. The van der Waals surface area contributed by atoms with Crippen LogP contribution in [0.3, 0.4) is 0 Å². The summed E-state index contributed by atoms with van der Waals surface area (Å²) >= 11 is 0. The van der Waals surface area contributed by atoms with Gasteiger partial charge in [-0.2, -0.15) is 0 Å². The highest BCUT2D eigenvalue weighted by Crippen LogP contribution is 2.08. The molecular weight excluding hydrogens is 270 g/mol. The van der Waals surface area contributed by atoms with Crippen molar-refractivity contribution in [2.75, 3.05) is 0 Å². The summed E-state index contributed by atoms with van der Waals surface area (Å²) in [6, 6.07) is 2.78. The molecule has 2 amide bonds. The highest BCUT2D eigenvalue weighted by atomic mass is 19.1. The smallest absolute Gasteiger partial charge is 0.426 e. The minimum atomic E-state index is -0.823. The summed E-state index contributed by atoms with van der Waals surface area (Å²) in [5, 5.41) is 0. The third-order valence-corrected chi connectivity index (χ3v) is 1.99. The molecule has 0 bridgehead atoms. The SMILES string of the molecule is CC(C)(C)OC(=O)NNC(=O)Cc1cc(F)cc(F)c1. The molecule has 1 aromatic carbocycles. The fraction of sp³-hybridized carbons (Fsp3) is 0.385. The Hall–Kier alpha value is -2.18. The van der Waals surface area contributed by atoms with Gasteiger partial charge in [-0.05, 0) is 38.5 Å². The number of nitrogens with one attached hydrogen (secondary N) is 2. The van der Waals surface area contributed by atoms with Gasteiger partial charge in [-0.25, -0.2) is 19.0 Å². The Morgan fingerprint density at radius 3 is 2.15 bits per heavy atom. The molecule has 0 fully saturated rings. The molecule has 0 aromatic heterocycles. The maximum absolute atomic E-state index is 12.9. The molecule has 0 atom stereocenters. The molecule has 7 heteroatoms. The first-order valence-corrected chi connectivity index (χ1v) is 5.88. The molecule has 0 radical (unpaired) electrons. The van der Waals surface area contributed by atoms with Gasteiger partial charge >= 0.3 is 6.09 Å². The van der Waals surface area contributed by atoms with E-state index in [0.29, 0.717) is 6.07 Å². The number of rotatable bonds is 2. The first-order chi connectivity index (χ1) is 9.15. The molecular formula is C13H16F2N2O3. The number of carbonyl (C=O) groups excluding carboxylic acids is 2. The standard InChI is InChI=1S/C13H16F2N2O3/c1-13(2,3)20-12(19)17-16-11(18)6-8-4-9(14)7-10(15)5-8/h4-5,7H,6H2,1-3H3,(H,16,18)(H,17,19). The molecule has 0 spiro atoms. The van der Waals surface area contributed by atoms with Crippen molar-refractivity contribution in [3.8, 4) is 0 Å². The number of hydrazine groups is 1. The van der Waals surface area contributed by atoms with Crippen LogP contribution in [0.25, 0.3) is 0 Å². The normalized spacial score (nSPS) is 10.8. The number of amides is 2. The maximum Gasteiger partial charge on any atom is 0.426 e. The van der Waals surface area contributed by atoms with E-state index in [2.05, 4.69) is 5.43 Å². The van der Waals surface area contributed by atoms with Crippen LogP contribution >= 0.6 is 0 Å². The second kappa shape index (κ2) is 6.31. The molecule has 1 rings (SSSR count). The van der Waals surface area contributed by atoms with Crippen molar-refractivity contribution in [3.63, 3.8) is 0 Å². The van der Waals surface area contributed by atoms with Crippen molar-refractivity contribution in [1.29, 1.82) is 0 Å². The van der Waals surface area contributed by atoms with Gasteiger partial charge in [0.25, 0.3) is 0 Å². The van der Waals surface area contributed by atoms with E-state index >= 15 is 0 Å². The van der Waals surface area contributed by atoms with Crippen LogP contribution in [0.5, 0.6) is 0 Å². The Balaban J connectivity index is 2.46. The number of hydrogen-bond acceptors (Lipinski definition) is 3.